The lowest BCUT2D eigenvalue weighted by molar-refractivity contribution is -0.119. The van der Waals surface area contributed by atoms with Crippen molar-refractivity contribution in [3.05, 3.63) is 34.9 Å². The van der Waals surface area contributed by atoms with E-state index in [4.69, 9.17) is 11.6 Å². The zero-order valence-electron chi connectivity index (χ0n) is 13.6. The fraction of sp³-hybridized carbons (Fsp3) is 0.333. The molecule has 2 rings (SSSR count). The average molecular weight is 417 g/mol. The maximum Gasteiger partial charge on any atom is 0.269 e. The number of benzene rings is 1. The molecule has 6 nitrogen and oxygen atoms in total. The lowest BCUT2D eigenvalue weighted by atomic mass is 10.2. The van der Waals surface area contributed by atoms with Gasteiger partial charge in [-0.25, -0.2) is 0 Å². The van der Waals surface area contributed by atoms with E-state index in [1.165, 1.54) is 23.1 Å². The van der Waals surface area contributed by atoms with Gasteiger partial charge in [0.25, 0.3) is 5.91 Å². The van der Waals surface area contributed by atoms with E-state index < -0.39 is 5.91 Å². The molecule has 0 saturated heterocycles. The van der Waals surface area contributed by atoms with Crippen LogP contribution in [0.15, 0.2) is 32.9 Å². The van der Waals surface area contributed by atoms with E-state index in [1.807, 2.05) is 0 Å². The quantitative estimate of drug-likeness (QED) is 0.531. The predicted octanol–water partition coefficient (Wildman–Crippen LogP) is 3.49. The minimum Gasteiger partial charge on any atom is -0.272 e. The Morgan fingerprint density at radius 2 is 1.76 bits per heavy atom. The third-order valence-electron chi connectivity index (χ3n) is 2.68. The van der Waals surface area contributed by atoms with Gasteiger partial charge in [-0.2, -0.15) is 0 Å². The molecule has 25 heavy (non-hydrogen) atoms. The summed E-state index contributed by atoms with van der Waals surface area (Å²) in [5.74, 6) is 0.984. The topological polar surface area (TPSA) is 84.0 Å². The zero-order chi connectivity index (χ0) is 18.2. The van der Waals surface area contributed by atoms with Gasteiger partial charge in [-0.1, -0.05) is 60.3 Å². The minimum absolute atomic E-state index is 0.143. The smallest absolute Gasteiger partial charge is 0.269 e. The maximum absolute atomic E-state index is 11.9. The second-order valence-electron chi connectivity index (χ2n) is 5.34. The number of hydrogen-bond donors (Lipinski definition) is 2. The second-order valence-corrected chi connectivity index (χ2v) is 9.24. The zero-order valence-corrected chi connectivity index (χ0v) is 16.8. The number of rotatable bonds is 7. The Bertz CT molecular complexity index is 722. The van der Waals surface area contributed by atoms with E-state index in [-0.39, 0.29) is 11.7 Å². The molecule has 2 N–H and O–H groups in total. The number of aromatic nitrogens is 2. The Morgan fingerprint density at radius 3 is 2.40 bits per heavy atom. The number of carbonyl (C=O) groups is 2. The normalized spacial score (nSPS) is 10.7. The van der Waals surface area contributed by atoms with Crippen LogP contribution in [0.25, 0.3) is 0 Å². The molecule has 0 radical (unpaired) electrons. The van der Waals surface area contributed by atoms with Gasteiger partial charge < -0.3 is 0 Å². The summed E-state index contributed by atoms with van der Waals surface area (Å²) in [5, 5.41) is 8.68. The van der Waals surface area contributed by atoms with Gasteiger partial charge in [0, 0.05) is 16.3 Å². The molecule has 0 aliphatic carbocycles. The van der Waals surface area contributed by atoms with Crippen LogP contribution in [-0.2, 0) is 4.79 Å². The summed E-state index contributed by atoms with van der Waals surface area (Å²) in [7, 11) is 0. The molecule has 2 amide bonds. The summed E-state index contributed by atoms with van der Waals surface area (Å²) in [6, 6.07) is 6.38. The summed E-state index contributed by atoms with van der Waals surface area (Å²) in [6.45, 7) is 4.29. The molecule has 0 saturated carbocycles. The summed E-state index contributed by atoms with van der Waals surface area (Å²) < 4.78 is 1.62. The van der Waals surface area contributed by atoms with E-state index >= 15 is 0 Å². The van der Waals surface area contributed by atoms with Crippen molar-refractivity contribution < 1.29 is 9.59 Å². The van der Waals surface area contributed by atoms with E-state index in [9.17, 15) is 9.59 Å². The van der Waals surface area contributed by atoms with E-state index in [1.54, 1.807) is 36.0 Å². The fourth-order valence-electron chi connectivity index (χ4n) is 1.52. The standard InChI is InChI=1S/C15H17ClN4O2S3/c1-9(2)7-23-14-19-20-15(25-14)24-8-12(21)17-18-13(22)10-3-5-11(16)6-4-10/h3-6,9H,7-8H2,1-2H3,(H,17,21)(H,18,22). The van der Waals surface area contributed by atoms with Crippen LogP contribution in [0.5, 0.6) is 0 Å². The third-order valence-corrected chi connectivity index (χ3v) is 6.55. The first-order chi connectivity index (χ1) is 11.9. The van der Waals surface area contributed by atoms with Gasteiger partial charge in [-0.05, 0) is 30.2 Å². The van der Waals surface area contributed by atoms with Crippen molar-refractivity contribution in [2.45, 2.75) is 22.5 Å². The monoisotopic (exact) mass is 416 g/mol. The SMILES string of the molecule is CC(C)CSc1nnc(SCC(=O)NNC(=O)c2ccc(Cl)cc2)s1. The molecule has 0 atom stereocenters. The maximum atomic E-state index is 11.9. The van der Waals surface area contributed by atoms with Crippen LogP contribution < -0.4 is 10.9 Å². The van der Waals surface area contributed by atoms with Gasteiger partial charge >= 0.3 is 0 Å². The van der Waals surface area contributed by atoms with Crippen molar-refractivity contribution in [2.24, 2.45) is 5.92 Å². The number of thioether (sulfide) groups is 2. The second kappa shape index (κ2) is 10.0. The van der Waals surface area contributed by atoms with Crippen molar-refractivity contribution in [3.63, 3.8) is 0 Å². The van der Waals surface area contributed by atoms with Crippen LogP contribution in [0.2, 0.25) is 5.02 Å². The highest BCUT2D eigenvalue weighted by Gasteiger charge is 2.11. The molecule has 0 bridgehead atoms. The van der Waals surface area contributed by atoms with Gasteiger partial charge in [0.2, 0.25) is 5.91 Å². The molecule has 1 heterocycles. The van der Waals surface area contributed by atoms with Crippen molar-refractivity contribution in [1.82, 2.24) is 21.0 Å². The Labute approximate surface area is 163 Å². The highest BCUT2D eigenvalue weighted by atomic mass is 35.5. The number of halogens is 1. The van der Waals surface area contributed by atoms with E-state index in [2.05, 4.69) is 34.9 Å². The Balaban J connectivity index is 1.71. The summed E-state index contributed by atoms with van der Waals surface area (Å²) in [5.41, 5.74) is 5.14. The Morgan fingerprint density at radius 1 is 1.12 bits per heavy atom. The van der Waals surface area contributed by atoms with Crippen LogP contribution >= 0.6 is 46.5 Å². The first kappa shape index (κ1) is 20.0. The number of nitrogens with zero attached hydrogens (tertiary/aromatic N) is 2. The molecule has 0 unspecified atom stereocenters. The average Bonchev–Trinajstić information content (AvgIpc) is 3.04. The van der Waals surface area contributed by atoms with Gasteiger partial charge in [0.15, 0.2) is 8.68 Å². The molecule has 10 heteroatoms. The number of nitrogens with one attached hydrogen (secondary N) is 2. The van der Waals surface area contributed by atoms with Gasteiger partial charge in [-0.15, -0.1) is 10.2 Å². The molecular weight excluding hydrogens is 400 g/mol. The van der Waals surface area contributed by atoms with Crippen LogP contribution in [0, 0.1) is 5.92 Å². The van der Waals surface area contributed by atoms with Gasteiger partial charge in [0.1, 0.15) is 0 Å². The molecule has 1 aromatic carbocycles. The summed E-state index contributed by atoms with van der Waals surface area (Å²) in [4.78, 5) is 23.7. The van der Waals surface area contributed by atoms with Crippen molar-refractivity contribution in [3.8, 4) is 0 Å². The summed E-state index contributed by atoms with van der Waals surface area (Å²) >= 11 is 10.2. The van der Waals surface area contributed by atoms with Gasteiger partial charge in [-0.3, -0.25) is 20.4 Å². The molecule has 0 aliphatic heterocycles. The highest BCUT2D eigenvalue weighted by Crippen LogP contribution is 2.29. The number of amides is 2. The highest BCUT2D eigenvalue weighted by molar-refractivity contribution is 8.03. The molecule has 2 aromatic rings. The van der Waals surface area contributed by atoms with Crippen LogP contribution in [-0.4, -0.2) is 33.5 Å². The van der Waals surface area contributed by atoms with Crippen LogP contribution in [0.4, 0.5) is 0 Å². The number of carbonyl (C=O) groups excluding carboxylic acids is 2. The third kappa shape index (κ3) is 7.23. The van der Waals surface area contributed by atoms with E-state index in [0.29, 0.717) is 16.5 Å². The van der Waals surface area contributed by atoms with Crippen molar-refractivity contribution in [2.75, 3.05) is 11.5 Å². The van der Waals surface area contributed by atoms with Crippen molar-refractivity contribution in [1.29, 1.82) is 0 Å². The molecule has 0 aliphatic rings. The lowest BCUT2D eigenvalue weighted by Crippen LogP contribution is -2.42. The first-order valence-corrected chi connectivity index (χ1v) is 10.5. The number of hydrogen-bond acceptors (Lipinski definition) is 7. The molecule has 134 valence electrons. The van der Waals surface area contributed by atoms with Crippen LogP contribution in [0.1, 0.15) is 24.2 Å². The van der Waals surface area contributed by atoms with Crippen LogP contribution in [0.3, 0.4) is 0 Å². The predicted molar refractivity (Wildman–Crippen MR) is 103 cm³/mol. The molecular formula is C15H17ClN4O2S3. The molecule has 0 spiro atoms. The van der Waals surface area contributed by atoms with E-state index in [0.717, 1.165) is 14.4 Å². The lowest BCUT2D eigenvalue weighted by Gasteiger charge is -2.06. The molecule has 1 aromatic heterocycles. The number of hydrazine groups is 1. The molecule has 0 fully saturated rings. The van der Waals surface area contributed by atoms with Gasteiger partial charge in [0.05, 0.1) is 5.75 Å². The van der Waals surface area contributed by atoms with Crippen molar-refractivity contribution >= 4 is 58.3 Å². The Hall–Kier alpha value is -1.29. The summed E-state index contributed by atoms with van der Waals surface area (Å²) in [6.07, 6.45) is 0. The fourth-order valence-corrected chi connectivity index (χ4v) is 4.44. The largest absolute Gasteiger partial charge is 0.272 e. The first-order valence-electron chi connectivity index (χ1n) is 7.38. The Kier molecular flexibility index (Phi) is 8.01. The minimum atomic E-state index is -0.404.